The van der Waals surface area contributed by atoms with E-state index in [4.69, 9.17) is 0 Å². The van der Waals surface area contributed by atoms with Gasteiger partial charge in [0.1, 0.15) is 0 Å². The Hall–Kier alpha value is -1.94. The number of aryl methyl sites for hydroxylation is 1. The zero-order chi connectivity index (χ0) is 12.5. The number of hydrogen-bond donors (Lipinski definition) is 1. The fourth-order valence-corrected chi connectivity index (χ4v) is 2.82. The Kier molecular flexibility index (Phi) is 2.72. The summed E-state index contributed by atoms with van der Waals surface area (Å²) in [5.41, 5.74) is 4.65. The van der Waals surface area contributed by atoms with Crippen LogP contribution in [0.5, 0.6) is 0 Å². The SMILES string of the molecule is CNc1nc2ccc(-c3cnccc3C)cc2s1. The van der Waals surface area contributed by atoms with E-state index < -0.39 is 0 Å². The summed E-state index contributed by atoms with van der Waals surface area (Å²) in [6.07, 6.45) is 3.74. The van der Waals surface area contributed by atoms with Gasteiger partial charge in [-0.15, -0.1) is 0 Å². The Morgan fingerprint density at radius 3 is 2.89 bits per heavy atom. The molecule has 3 nitrogen and oxygen atoms in total. The highest BCUT2D eigenvalue weighted by molar-refractivity contribution is 7.22. The predicted octanol–water partition coefficient (Wildman–Crippen LogP) is 3.71. The predicted molar refractivity (Wildman–Crippen MR) is 77.1 cm³/mol. The summed E-state index contributed by atoms with van der Waals surface area (Å²) in [7, 11) is 1.89. The van der Waals surface area contributed by atoms with Gasteiger partial charge in [0, 0.05) is 25.0 Å². The second kappa shape index (κ2) is 4.38. The number of anilines is 1. The van der Waals surface area contributed by atoms with Crippen LogP contribution in [0.15, 0.2) is 36.7 Å². The van der Waals surface area contributed by atoms with Crippen molar-refractivity contribution < 1.29 is 0 Å². The van der Waals surface area contributed by atoms with Gasteiger partial charge in [0.15, 0.2) is 5.13 Å². The molecule has 3 rings (SSSR count). The lowest BCUT2D eigenvalue weighted by Crippen LogP contribution is -1.84. The van der Waals surface area contributed by atoms with Crippen molar-refractivity contribution >= 4 is 26.7 Å². The third-order valence-electron chi connectivity index (χ3n) is 2.95. The molecule has 90 valence electrons. The first-order chi connectivity index (χ1) is 8.78. The Morgan fingerprint density at radius 1 is 1.22 bits per heavy atom. The second-order valence-electron chi connectivity index (χ2n) is 4.14. The molecule has 4 heteroatoms. The number of aromatic nitrogens is 2. The highest BCUT2D eigenvalue weighted by Gasteiger charge is 2.06. The average molecular weight is 255 g/mol. The van der Waals surface area contributed by atoms with Crippen LogP contribution in [0.4, 0.5) is 5.13 Å². The molecule has 0 atom stereocenters. The van der Waals surface area contributed by atoms with E-state index in [1.807, 2.05) is 25.5 Å². The van der Waals surface area contributed by atoms with Crippen LogP contribution >= 0.6 is 11.3 Å². The molecule has 0 aliphatic rings. The molecule has 0 aliphatic heterocycles. The summed E-state index contributed by atoms with van der Waals surface area (Å²) in [5, 5.41) is 4.03. The molecule has 1 N–H and O–H groups in total. The van der Waals surface area contributed by atoms with Crippen molar-refractivity contribution in [3.05, 3.63) is 42.2 Å². The summed E-state index contributed by atoms with van der Waals surface area (Å²) in [6, 6.07) is 8.38. The second-order valence-corrected chi connectivity index (χ2v) is 5.17. The van der Waals surface area contributed by atoms with Crippen LogP contribution in [0.25, 0.3) is 21.3 Å². The first-order valence-electron chi connectivity index (χ1n) is 5.77. The molecule has 0 unspecified atom stereocenters. The van der Waals surface area contributed by atoms with Crippen molar-refractivity contribution in [2.75, 3.05) is 12.4 Å². The standard InChI is InChI=1S/C14H13N3S/c1-9-5-6-16-8-11(9)10-3-4-12-13(7-10)18-14(15-2)17-12/h3-8H,1-2H3,(H,15,17). The van der Waals surface area contributed by atoms with E-state index in [0.29, 0.717) is 0 Å². The first-order valence-corrected chi connectivity index (χ1v) is 6.59. The molecule has 2 heterocycles. The van der Waals surface area contributed by atoms with Crippen LogP contribution in [0, 0.1) is 6.92 Å². The van der Waals surface area contributed by atoms with Crippen molar-refractivity contribution in [1.82, 2.24) is 9.97 Å². The maximum Gasteiger partial charge on any atom is 0.183 e. The topological polar surface area (TPSA) is 37.8 Å². The summed E-state index contributed by atoms with van der Waals surface area (Å²) >= 11 is 1.67. The van der Waals surface area contributed by atoms with E-state index in [9.17, 15) is 0 Å². The molecular formula is C14H13N3S. The summed E-state index contributed by atoms with van der Waals surface area (Å²) in [5.74, 6) is 0. The lowest BCUT2D eigenvalue weighted by Gasteiger charge is -2.04. The summed E-state index contributed by atoms with van der Waals surface area (Å²) in [6.45, 7) is 2.10. The van der Waals surface area contributed by atoms with E-state index in [1.165, 1.54) is 21.4 Å². The van der Waals surface area contributed by atoms with Gasteiger partial charge in [-0.3, -0.25) is 4.98 Å². The smallest absolute Gasteiger partial charge is 0.183 e. The van der Waals surface area contributed by atoms with Crippen LogP contribution in [-0.4, -0.2) is 17.0 Å². The molecule has 3 aromatic rings. The van der Waals surface area contributed by atoms with Gasteiger partial charge in [-0.1, -0.05) is 17.4 Å². The van der Waals surface area contributed by atoms with Crippen LogP contribution in [0.2, 0.25) is 0 Å². The van der Waals surface area contributed by atoms with E-state index in [-0.39, 0.29) is 0 Å². The number of fused-ring (bicyclic) bond motifs is 1. The molecule has 0 saturated heterocycles. The van der Waals surface area contributed by atoms with Gasteiger partial charge in [0.2, 0.25) is 0 Å². The minimum Gasteiger partial charge on any atom is -0.365 e. The van der Waals surface area contributed by atoms with Crippen molar-refractivity contribution in [2.45, 2.75) is 6.92 Å². The number of thiazole rings is 1. The van der Waals surface area contributed by atoms with Crippen molar-refractivity contribution in [1.29, 1.82) is 0 Å². The number of hydrogen-bond acceptors (Lipinski definition) is 4. The summed E-state index contributed by atoms with van der Waals surface area (Å²) in [4.78, 5) is 8.68. The van der Waals surface area contributed by atoms with Gasteiger partial charge in [-0.25, -0.2) is 4.98 Å². The van der Waals surface area contributed by atoms with Gasteiger partial charge in [0.25, 0.3) is 0 Å². The molecule has 0 amide bonds. The molecule has 0 aliphatic carbocycles. The Morgan fingerprint density at radius 2 is 2.11 bits per heavy atom. The zero-order valence-corrected chi connectivity index (χ0v) is 11.1. The van der Waals surface area contributed by atoms with Crippen LogP contribution < -0.4 is 5.32 Å². The van der Waals surface area contributed by atoms with Crippen LogP contribution in [-0.2, 0) is 0 Å². The molecule has 0 fully saturated rings. The number of benzene rings is 1. The largest absolute Gasteiger partial charge is 0.365 e. The van der Waals surface area contributed by atoms with Crippen molar-refractivity contribution in [2.24, 2.45) is 0 Å². The van der Waals surface area contributed by atoms with Gasteiger partial charge in [0.05, 0.1) is 10.2 Å². The third-order valence-corrected chi connectivity index (χ3v) is 3.99. The monoisotopic (exact) mass is 255 g/mol. The maximum absolute atomic E-state index is 4.48. The average Bonchev–Trinajstić information content (AvgIpc) is 2.81. The molecule has 0 saturated carbocycles. The lowest BCUT2D eigenvalue weighted by atomic mass is 10.0. The molecule has 1 aromatic carbocycles. The third kappa shape index (κ3) is 1.84. The minimum atomic E-state index is 0.949. The van der Waals surface area contributed by atoms with Crippen LogP contribution in [0.3, 0.4) is 0 Å². The highest BCUT2D eigenvalue weighted by atomic mass is 32.1. The van der Waals surface area contributed by atoms with Gasteiger partial charge in [-0.05, 0) is 36.2 Å². The fourth-order valence-electron chi connectivity index (χ4n) is 1.97. The number of rotatable bonds is 2. The number of nitrogens with one attached hydrogen (secondary N) is 1. The minimum absolute atomic E-state index is 0.949. The molecule has 2 aromatic heterocycles. The lowest BCUT2D eigenvalue weighted by molar-refractivity contribution is 1.29. The Labute approximate surface area is 110 Å². The number of nitrogens with zero attached hydrogens (tertiary/aromatic N) is 2. The molecule has 0 spiro atoms. The van der Waals surface area contributed by atoms with Gasteiger partial charge < -0.3 is 5.32 Å². The Bertz CT molecular complexity index is 703. The van der Waals surface area contributed by atoms with Gasteiger partial charge in [-0.2, -0.15) is 0 Å². The zero-order valence-electron chi connectivity index (χ0n) is 10.3. The molecular weight excluding hydrogens is 242 g/mol. The van der Waals surface area contributed by atoms with E-state index in [0.717, 1.165) is 10.6 Å². The Balaban J connectivity index is 2.16. The normalized spacial score (nSPS) is 10.8. The van der Waals surface area contributed by atoms with E-state index >= 15 is 0 Å². The van der Waals surface area contributed by atoms with Crippen LogP contribution in [0.1, 0.15) is 5.56 Å². The van der Waals surface area contributed by atoms with Crippen molar-refractivity contribution in [3.63, 3.8) is 0 Å². The maximum atomic E-state index is 4.48. The first kappa shape index (κ1) is 11.2. The summed E-state index contributed by atoms with van der Waals surface area (Å²) < 4.78 is 1.19. The highest BCUT2D eigenvalue weighted by Crippen LogP contribution is 2.31. The fraction of sp³-hybridized carbons (Fsp3) is 0.143. The molecule has 18 heavy (non-hydrogen) atoms. The number of pyridine rings is 1. The van der Waals surface area contributed by atoms with Gasteiger partial charge >= 0.3 is 0 Å². The van der Waals surface area contributed by atoms with E-state index in [2.05, 4.69) is 40.4 Å². The van der Waals surface area contributed by atoms with Crippen molar-refractivity contribution in [3.8, 4) is 11.1 Å². The van der Waals surface area contributed by atoms with E-state index in [1.54, 1.807) is 11.3 Å². The molecule has 0 radical (unpaired) electrons. The quantitative estimate of drug-likeness (QED) is 0.758. The molecule has 0 bridgehead atoms.